The number of rotatable bonds is 4. The number of carbonyl (C=O) groups excluding carboxylic acids is 1. The van der Waals surface area contributed by atoms with Gasteiger partial charge in [0.2, 0.25) is 0 Å². The fourth-order valence-electron chi connectivity index (χ4n) is 3.51. The quantitative estimate of drug-likeness (QED) is 0.788. The summed E-state index contributed by atoms with van der Waals surface area (Å²) >= 11 is 0. The van der Waals surface area contributed by atoms with E-state index in [1.54, 1.807) is 0 Å². The Hall–Kier alpha value is -1.35. The highest BCUT2D eigenvalue weighted by Gasteiger charge is 2.32. The summed E-state index contributed by atoms with van der Waals surface area (Å²) < 4.78 is 6.22. The van der Waals surface area contributed by atoms with Gasteiger partial charge in [-0.25, -0.2) is 0 Å². The van der Waals surface area contributed by atoms with E-state index in [1.807, 2.05) is 24.3 Å². The van der Waals surface area contributed by atoms with Crippen molar-refractivity contribution in [1.82, 2.24) is 4.90 Å². The van der Waals surface area contributed by atoms with Crippen LogP contribution in [0.25, 0.3) is 0 Å². The van der Waals surface area contributed by atoms with Gasteiger partial charge >= 0.3 is 0 Å². The lowest BCUT2D eigenvalue weighted by atomic mass is 9.91. The summed E-state index contributed by atoms with van der Waals surface area (Å²) in [5.74, 6) is 0.895. The first-order chi connectivity index (χ1) is 9.86. The van der Waals surface area contributed by atoms with Crippen LogP contribution in [0.4, 0.5) is 0 Å². The van der Waals surface area contributed by atoms with Gasteiger partial charge in [-0.15, -0.1) is 0 Å². The molecule has 1 aliphatic carbocycles. The van der Waals surface area contributed by atoms with E-state index >= 15 is 0 Å². The Morgan fingerprint density at radius 1 is 1.00 bits per heavy atom. The largest absolute Gasteiger partial charge is 0.489 e. The molecular formula is C17H23NO2. The van der Waals surface area contributed by atoms with Gasteiger partial charge < -0.3 is 4.74 Å². The summed E-state index contributed by atoms with van der Waals surface area (Å²) in [5, 5.41) is 0. The van der Waals surface area contributed by atoms with E-state index in [0.29, 0.717) is 17.7 Å². The molecule has 3 rings (SSSR count). The van der Waals surface area contributed by atoms with Crippen LogP contribution in [0.15, 0.2) is 24.3 Å². The number of carbonyl (C=O) groups is 1. The van der Waals surface area contributed by atoms with Gasteiger partial charge in [0.05, 0.1) is 0 Å². The molecule has 2 unspecified atom stereocenters. The summed E-state index contributed by atoms with van der Waals surface area (Å²) in [6, 6.07) is 8.07. The lowest BCUT2D eigenvalue weighted by Gasteiger charge is -2.37. The Morgan fingerprint density at radius 3 is 2.40 bits per heavy atom. The van der Waals surface area contributed by atoms with Crippen molar-refractivity contribution in [2.24, 2.45) is 0 Å². The average Bonchev–Trinajstić information content (AvgIpc) is 3.03. The topological polar surface area (TPSA) is 29.5 Å². The van der Waals surface area contributed by atoms with E-state index in [4.69, 9.17) is 4.74 Å². The minimum Gasteiger partial charge on any atom is -0.489 e. The minimum absolute atomic E-state index is 0.309. The Labute approximate surface area is 120 Å². The summed E-state index contributed by atoms with van der Waals surface area (Å²) in [4.78, 5) is 13.3. The highest BCUT2D eigenvalue weighted by molar-refractivity contribution is 5.74. The van der Waals surface area contributed by atoms with Gasteiger partial charge in [0.1, 0.15) is 18.1 Å². The zero-order valence-corrected chi connectivity index (χ0v) is 12.0. The molecule has 1 aromatic carbocycles. The molecule has 2 aliphatic rings. The van der Waals surface area contributed by atoms with Crippen molar-refractivity contribution in [2.45, 2.75) is 50.7 Å². The maximum atomic E-state index is 10.7. The van der Waals surface area contributed by atoms with Crippen LogP contribution in [-0.2, 0) is 0 Å². The summed E-state index contributed by atoms with van der Waals surface area (Å²) in [6.07, 6.45) is 8.84. The third kappa shape index (κ3) is 3.04. The highest BCUT2D eigenvalue weighted by Crippen LogP contribution is 2.29. The number of aldehydes is 1. The van der Waals surface area contributed by atoms with E-state index in [-0.39, 0.29) is 0 Å². The van der Waals surface area contributed by atoms with Gasteiger partial charge in [-0.3, -0.25) is 9.69 Å². The van der Waals surface area contributed by atoms with Crippen LogP contribution in [0.1, 0.15) is 48.9 Å². The van der Waals surface area contributed by atoms with Crippen LogP contribution in [0, 0.1) is 0 Å². The standard InChI is InChI=1S/C17H23NO2/c19-13-14-7-9-15(10-8-14)20-17-6-2-1-5-16(17)18-11-3-4-12-18/h7-10,13,16-17H,1-6,11-12H2. The lowest BCUT2D eigenvalue weighted by Crippen LogP contribution is -2.46. The Balaban J connectivity index is 1.67. The fraction of sp³-hybridized carbons (Fsp3) is 0.588. The van der Waals surface area contributed by atoms with Gasteiger partial charge in [0, 0.05) is 11.6 Å². The van der Waals surface area contributed by atoms with E-state index in [9.17, 15) is 4.79 Å². The molecule has 1 aromatic rings. The van der Waals surface area contributed by atoms with E-state index < -0.39 is 0 Å². The molecule has 20 heavy (non-hydrogen) atoms. The van der Waals surface area contributed by atoms with Crippen molar-refractivity contribution < 1.29 is 9.53 Å². The lowest BCUT2D eigenvalue weighted by molar-refractivity contribution is 0.0485. The molecule has 2 fully saturated rings. The third-order valence-corrected chi connectivity index (χ3v) is 4.58. The molecule has 0 spiro atoms. The normalized spacial score (nSPS) is 27.4. The second-order valence-electron chi connectivity index (χ2n) is 5.94. The van der Waals surface area contributed by atoms with Gasteiger partial charge in [-0.2, -0.15) is 0 Å². The van der Waals surface area contributed by atoms with Gasteiger partial charge in [0.25, 0.3) is 0 Å². The van der Waals surface area contributed by atoms with Gasteiger partial charge in [-0.05, 0) is 69.5 Å². The van der Waals surface area contributed by atoms with Crippen LogP contribution in [0.5, 0.6) is 5.75 Å². The summed E-state index contributed by atoms with van der Waals surface area (Å²) in [6.45, 7) is 2.46. The monoisotopic (exact) mass is 273 g/mol. The zero-order valence-electron chi connectivity index (χ0n) is 12.0. The highest BCUT2D eigenvalue weighted by atomic mass is 16.5. The van der Waals surface area contributed by atoms with Crippen molar-refractivity contribution in [2.75, 3.05) is 13.1 Å². The molecule has 1 saturated heterocycles. The predicted octanol–water partition coefficient (Wildman–Crippen LogP) is 3.28. The molecular weight excluding hydrogens is 250 g/mol. The Morgan fingerprint density at radius 2 is 1.70 bits per heavy atom. The molecule has 3 heteroatoms. The van der Waals surface area contributed by atoms with Gasteiger partial charge in [0.15, 0.2) is 0 Å². The third-order valence-electron chi connectivity index (χ3n) is 4.58. The minimum atomic E-state index is 0.309. The van der Waals surface area contributed by atoms with E-state index in [2.05, 4.69) is 4.90 Å². The molecule has 3 nitrogen and oxygen atoms in total. The number of ether oxygens (including phenoxy) is 1. The summed E-state index contributed by atoms with van der Waals surface area (Å²) in [5.41, 5.74) is 0.706. The first kappa shape index (κ1) is 13.6. The number of hydrogen-bond acceptors (Lipinski definition) is 3. The predicted molar refractivity (Wildman–Crippen MR) is 79.3 cm³/mol. The summed E-state index contributed by atoms with van der Waals surface area (Å²) in [7, 11) is 0. The van der Waals surface area contributed by atoms with E-state index in [1.165, 1.54) is 45.2 Å². The van der Waals surface area contributed by atoms with E-state index in [0.717, 1.165) is 18.5 Å². The molecule has 2 atom stereocenters. The molecule has 1 heterocycles. The average molecular weight is 273 g/mol. The number of nitrogens with zero attached hydrogens (tertiary/aromatic N) is 1. The van der Waals surface area contributed by atoms with Crippen molar-refractivity contribution in [3.63, 3.8) is 0 Å². The SMILES string of the molecule is O=Cc1ccc(OC2CCCCC2N2CCCC2)cc1. The molecule has 108 valence electrons. The van der Waals surface area contributed by atoms with Crippen molar-refractivity contribution >= 4 is 6.29 Å². The number of hydrogen-bond donors (Lipinski definition) is 0. The molecule has 0 amide bonds. The second kappa shape index (κ2) is 6.40. The smallest absolute Gasteiger partial charge is 0.150 e. The Kier molecular flexibility index (Phi) is 4.36. The number of likely N-dealkylation sites (tertiary alicyclic amines) is 1. The zero-order chi connectivity index (χ0) is 13.8. The van der Waals surface area contributed by atoms with Crippen LogP contribution in [-0.4, -0.2) is 36.4 Å². The van der Waals surface area contributed by atoms with Crippen molar-refractivity contribution in [3.8, 4) is 5.75 Å². The molecule has 0 radical (unpaired) electrons. The maximum Gasteiger partial charge on any atom is 0.150 e. The second-order valence-corrected chi connectivity index (χ2v) is 5.94. The van der Waals surface area contributed by atoms with Crippen LogP contribution >= 0.6 is 0 Å². The maximum absolute atomic E-state index is 10.7. The molecule has 0 aromatic heterocycles. The van der Waals surface area contributed by atoms with Crippen LogP contribution in [0.3, 0.4) is 0 Å². The van der Waals surface area contributed by atoms with Crippen molar-refractivity contribution in [3.05, 3.63) is 29.8 Å². The van der Waals surface area contributed by atoms with Crippen LogP contribution < -0.4 is 4.74 Å². The fourth-order valence-corrected chi connectivity index (χ4v) is 3.51. The van der Waals surface area contributed by atoms with Gasteiger partial charge in [-0.1, -0.05) is 6.42 Å². The number of benzene rings is 1. The molecule has 1 saturated carbocycles. The van der Waals surface area contributed by atoms with Crippen LogP contribution in [0.2, 0.25) is 0 Å². The molecule has 0 N–H and O–H groups in total. The van der Waals surface area contributed by atoms with Crippen molar-refractivity contribution in [1.29, 1.82) is 0 Å². The first-order valence-corrected chi connectivity index (χ1v) is 7.83. The molecule has 0 bridgehead atoms. The molecule has 1 aliphatic heterocycles. The first-order valence-electron chi connectivity index (χ1n) is 7.83. The Bertz CT molecular complexity index is 437.